The van der Waals surface area contributed by atoms with Gasteiger partial charge in [-0.3, -0.25) is 5.41 Å². The van der Waals surface area contributed by atoms with E-state index >= 15 is 0 Å². The SMILES string of the molecule is N=C(N)c1ccnc(N2CCc3ccccc32)n1. The number of hydrogen-bond donors (Lipinski definition) is 2. The molecule has 0 spiro atoms. The minimum absolute atomic E-state index is 0.0360. The topological polar surface area (TPSA) is 78.9 Å². The molecule has 1 aliphatic rings. The average Bonchev–Trinajstić information content (AvgIpc) is 2.82. The van der Waals surface area contributed by atoms with Gasteiger partial charge in [0.2, 0.25) is 5.95 Å². The van der Waals surface area contributed by atoms with Gasteiger partial charge in [0.1, 0.15) is 11.5 Å². The summed E-state index contributed by atoms with van der Waals surface area (Å²) < 4.78 is 0. The Bertz CT molecular complexity index is 608. The molecule has 5 nitrogen and oxygen atoms in total. The van der Waals surface area contributed by atoms with Crippen molar-refractivity contribution in [2.24, 2.45) is 5.73 Å². The molecule has 1 aromatic carbocycles. The molecule has 0 bridgehead atoms. The van der Waals surface area contributed by atoms with Crippen molar-refractivity contribution in [2.45, 2.75) is 6.42 Å². The number of nitrogen functional groups attached to an aromatic ring is 1. The van der Waals surface area contributed by atoms with Crippen molar-refractivity contribution in [3.05, 3.63) is 47.8 Å². The van der Waals surface area contributed by atoms with E-state index in [9.17, 15) is 0 Å². The number of para-hydroxylation sites is 1. The lowest BCUT2D eigenvalue weighted by molar-refractivity contribution is 0.936. The van der Waals surface area contributed by atoms with Crippen LogP contribution in [-0.2, 0) is 6.42 Å². The van der Waals surface area contributed by atoms with Gasteiger partial charge < -0.3 is 10.6 Å². The summed E-state index contributed by atoms with van der Waals surface area (Å²) in [6.07, 6.45) is 2.63. The highest BCUT2D eigenvalue weighted by Gasteiger charge is 2.21. The van der Waals surface area contributed by atoms with E-state index < -0.39 is 0 Å². The van der Waals surface area contributed by atoms with Crippen molar-refractivity contribution < 1.29 is 0 Å². The van der Waals surface area contributed by atoms with Crippen LogP contribution in [0.2, 0.25) is 0 Å². The van der Waals surface area contributed by atoms with E-state index in [0.29, 0.717) is 11.6 Å². The lowest BCUT2D eigenvalue weighted by Gasteiger charge is -2.17. The van der Waals surface area contributed by atoms with Gasteiger partial charge in [0.15, 0.2) is 0 Å². The molecule has 0 atom stereocenters. The van der Waals surface area contributed by atoms with Gasteiger partial charge >= 0.3 is 0 Å². The highest BCUT2D eigenvalue weighted by Crippen LogP contribution is 2.31. The molecule has 1 aromatic heterocycles. The highest BCUT2D eigenvalue weighted by atomic mass is 15.3. The molecule has 0 fully saturated rings. The summed E-state index contributed by atoms with van der Waals surface area (Å²) in [7, 11) is 0. The first-order valence-electron chi connectivity index (χ1n) is 5.78. The number of amidine groups is 1. The fourth-order valence-electron chi connectivity index (χ4n) is 2.17. The molecule has 0 amide bonds. The summed E-state index contributed by atoms with van der Waals surface area (Å²) >= 11 is 0. The summed E-state index contributed by atoms with van der Waals surface area (Å²) in [6.45, 7) is 0.862. The third kappa shape index (κ3) is 1.69. The van der Waals surface area contributed by atoms with Gasteiger partial charge in [-0.05, 0) is 24.1 Å². The number of nitrogens with two attached hydrogens (primary N) is 1. The lowest BCUT2D eigenvalue weighted by atomic mass is 10.2. The van der Waals surface area contributed by atoms with Crippen molar-refractivity contribution in [1.82, 2.24) is 9.97 Å². The first-order valence-corrected chi connectivity index (χ1v) is 5.78. The van der Waals surface area contributed by atoms with Crippen LogP contribution < -0.4 is 10.6 Å². The standard InChI is InChI=1S/C13H13N5/c14-12(15)10-5-7-16-13(17-10)18-8-6-9-3-1-2-4-11(9)18/h1-5,7H,6,8H2,(H3,14,15). The summed E-state index contributed by atoms with van der Waals surface area (Å²) in [4.78, 5) is 10.6. The maximum absolute atomic E-state index is 7.42. The van der Waals surface area contributed by atoms with E-state index in [1.807, 2.05) is 12.1 Å². The fraction of sp³-hybridized carbons (Fsp3) is 0.154. The number of hydrogen-bond acceptors (Lipinski definition) is 4. The summed E-state index contributed by atoms with van der Waals surface area (Å²) in [5.41, 5.74) is 8.35. The average molecular weight is 239 g/mol. The Morgan fingerprint density at radius 3 is 2.94 bits per heavy atom. The zero-order valence-electron chi connectivity index (χ0n) is 9.80. The van der Waals surface area contributed by atoms with Crippen molar-refractivity contribution in [3.63, 3.8) is 0 Å². The molecule has 3 N–H and O–H groups in total. The smallest absolute Gasteiger partial charge is 0.230 e. The number of rotatable bonds is 2. The maximum Gasteiger partial charge on any atom is 0.230 e. The van der Waals surface area contributed by atoms with E-state index in [-0.39, 0.29) is 5.84 Å². The van der Waals surface area contributed by atoms with Crippen molar-refractivity contribution in [2.75, 3.05) is 11.4 Å². The molecule has 18 heavy (non-hydrogen) atoms. The number of nitrogens with zero attached hydrogens (tertiary/aromatic N) is 3. The van der Waals surface area contributed by atoms with E-state index in [2.05, 4.69) is 27.0 Å². The van der Waals surface area contributed by atoms with Gasteiger partial charge in [-0.2, -0.15) is 0 Å². The Hall–Kier alpha value is -2.43. The van der Waals surface area contributed by atoms with Crippen LogP contribution in [0.1, 0.15) is 11.3 Å². The van der Waals surface area contributed by atoms with Crippen LogP contribution in [0.15, 0.2) is 36.5 Å². The van der Waals surface area contributed by atoms with E-state index in [0.717, 1.165) is 18.7 Å². The van der Waals surface area contributed by atoms with E-state index in [1.54, 1.807) is 12.3 Å². The molecule has 5 heteroatoms. The van der Waals surface area contributed by atoms with Gasteiger partial charge in [0.05, 0.1) is 0 Å². The predicted molar refractivity (Wildman–Crippen MR) is 70.2 cm³/mol. The molecule has 90 valence electrons. The second kappa shape index (κ2) is 4.10. The molecule has 0 saturated heterocycles. The van der Waals surface area contributed by atoms with Gasteiger partial charge in [-0.15, -0.1) is 0 Å². The Morgan fingerprint density at radius 1 is 1.28 bits per heavy atom. The molecular formula is C13H13N5. The van der Waals surface area contributed by atoms with Gasteiger partial charge in [-0.25, -0.2) is 9.97 Å². The van der Waals surface area contributed by atoms with E-state index in [1.165, 1.54) is 5.56 Å². The molecule has 3 rings (SSSR count). The monoisotopic (exact) mass is 239 g/mol. The minimum Gasteiger partial charge on any atom is -0.382 e. The van der Waals surface area contributed by atoms with Crippen LogP contribution in [0.5, 0.6) is 0 Å². The van der Waals surface area contributed by atoms with Crippen LogP contribution >= 0.6 is 0 Å². The Morgan fingerprint density at radius 2 is 2.11 bits per heavy atom. The summed E-state index contributed by atoms with van der Waals surface area (Å²) in [6, 6.07) is 9.87. The summed E-state index contributed by atoms with van der Waals surface area (Å²) in [5, 5.41) is 7.42. The third-order valence-electron chi connectivity index (χ3n) is 3.05. The maximum atomic E-state index is 7.42. The van der Waals surface area contributed by atoms with Gasteiger partial charge in [0, 0.05) is 18.4 Å². The molecule has 0 saturated carbocycles. The molecule has 0 aliphatic carbocycles. The van der Waals surface area contributed by atoms with Crippen LogP contribution in [0.3, 0.4) is 0 Å². The Balaban J connectivity index is 2.02. The Kier molecular flexibility index (Phi) is 2.44. The number of benzene rings is 1. The second-order valence-corrected chi connectivity index (χ2v) is 4.19. The zero-order valence-corrected chi connectivity index (χ0v) is 9.80. The molecule has 2 aromatic rings. The Labute approximate surface area is 105 Å². The fourth-order valence-corrected chi connectivity index (χ4v) is 2.17. The molecule has 0 radical (unpaired) electrons. The van der Waals surface area contributed by atoms with Crippen LogP contribution in [-0.4, -0.2) is 22.3 Å². The lowest BCUT2D eigenvalue weighted by Crippen LogP contribution is -2.20. The number of fused-ring (bicyclic) bond motifs is 1. The first kappa shape index (κ1) is 10.7. The van der Waals surface area contributed by atoms with Crippen molar-refractivity contribution in [1.29, 1.82) is 5.41 Å². The number of nitrogens with one attached hydrogen (secondary N) is 1. The molecule has 1 aliphatic heterocycles. The van der Waals surface area contributed by atoms with Crippen LogP contribution in [0.25, 0.3) is 0 Å². The zero-order chi connectivity index (χ0) is 12.5. The largest absolute Gasteiger partial charge is 0.382 e. The quantitative estimate of drug-likeness (QED) is 0.614. The number of aromatic nitrogens is 2. The van der Waals surface area contributed by atoms with E-state index in [4.69, 9.17) is 11.1 Å². The molecule has 0 unspecified atom stereocenters. The third-order valence-corrected chi connectivity index (χ3v) is 3.05. The van der Waals surface area contributed by atoms with Crippen molar-refractivity contribution in [3.8, 4) is 0 Å². The van der Waals surface area contributed by atoms with Crippen LogP contribution in [0, 0.1) is 5.41 Å². The van der Waals surface area contributed by atoms with Crippen molar-refractivity contribution >= 4 is 17.5 Å². The summed E-state index contributed by atoms with van der Waals surface area (Å²) in [5.74, 6) is 0.568. The minimum atomic E-state index is -0.0360. The second-order valence-electron chi connectivity index (χ2n) is 4.19. The molecular weight excluding hydrogens is 226 g/mol. The highest BCUT2D eigenvalue weighted by molar-refractivity contribution is 5.93. The first-order chi connectivity index (χ1) is 8.75. The molecule has 2 heterocycles. The van der Waals surface area contributed by atoms with Gasteiger partial charge in [0.25, 0.3) is 0 Å². The van der Waals surface area contributed by atoms with Gasteiger partial charge in [-0.1, -0.05) is 18.2 Å². The van der Waals surface area contributed by atoms with Crippen LogP contribution in [0.4, 0.5) is 11.6 Å². The number of anilines is 2. The predicted octanol–water partition coefficient (Wildman–Crippen LogP) is 1.45. The normalized spacial score (nSPS) is 13.4.